The number of aromatic hydroxyl groups is 1. The second-order valence-electron chi connectivity index (χ2n) is 4.39. The first-order valence-corrected chi connectivity index (χ1v) is 5.78. The molecule has 0 amide bonds. The summed E-state index contributed by atoms with van der Waals surface area (Å²) in [4.78, 5) is 24.1. The number of aliphatic hydroxyl groups excluding tert-OH is 1. The van der Waals surface area contributed by atoms with Crippen molar-refractivity contribution in [1.29, 1.82) is 0 Å². The van der Waals surface area contributed by atoms with Crippen molar-refractivity contribution in [2.75, 3.05) is 6.61 Å². The van der Waals surface area contributed by atoms with Crippen molar-refractivity contribution in [2.24, 2.45) is 0 Å². The molecule has 0 saturated carbocycles. The average Bonchev–Trinajstić information content (AvgIpc) is 2.42. The van der Waals surface area contributed by atoms with Gasteiger partial charge in [-0.15, -0.1) is 0 Å². The van der Waals surface area contributed by atoms with Gasteiger partial charge >= 0.3 is 0 Å². The number of hydrogen-bond acceptors (Lipinski definition) is 4. The van der Waals surface area contributed by atoms with Crippen LogP contribution in [0, 0.1) is 0 Å². The molecule has 2 N–H and O–H groups in total. The average molecular weight is 254 g/mol. The summed E-state index contributed by atoms with van der Waals surface area (Å²) in [7, 11) is 0. The van der Waals surface area contributed by atoms with E-state index in [2.05, 4.69) is 0 Å². The van der Waals surface area contributed by atoms with Crippen LogP contribution in [0.25, 0.3) is 10.8 Å². The number of aliphatic hydroxyl groups is 1. The maximum absolute atomic E-state index is 12.1. The third-order valence-corrected chi connectivity index (χ3v) is 3.28. The lowest BCUT2D eigenvalue weighted by Crippen LogP contribution is -2.19. The molecule has 2 aromatic carbocycles. The lowest BCUT2D eigenvalue weighted by Gasteiger charge is -2.16. The van der Waals surface area contributed by atoms with Crippen LogP contribution in [0.1, 0.15) is 20.7 Å². The quantitative estimate of drug-likeness (QED) is 0.814. The van der Waals surface area contributed by atoms with Crippen LogP contribution in [0.4, 0.5) is 0 Å². The standard InChI is InChI=1S/C15H10O4/c16-7-9-6-12(17)13-11(14(9)18)5-8-3-1-2-4-10(8)15(13)19/h1-6,16,19H,7H2. The Labute approximate surface area is 108 Å². The summed E-state index contributed by atoms with van der Waals surface area (Å²) >= 11 is 0. The molecule has 0 spiro atoms. The van der Waals surface area contributed by atoms with Crippen LogP contribution in [-0.2, 0) is 0 Å². The van der Waals surface area contributed by atoms with Crippen LogP contribution >= 0.6 is 0 Å². The molecule has 19 heavy (non-hydrogen) atoms. The molecule has 0 unspecified atom stereocenters. The molecule has 2 aromatic rings. The van der Waals surface area contributed by atoms with Crippen molar-refractivity contribution in [3.05, 3.63) is 53.1 Å². The van der Waals surface area contributed by atoms with E-state index in [-0.39, 0.29) is 22.4 Å². The molecule has 94 valence electrons. The second-order valence-corrected chi connectivity index (χ2v) is 4.39. The Bertz CT molecular complexity index is 756. The number of carbonyl (C=O) groups excluding carboxylic acids is 2. The Morgan fingerprint density at radius 2 is 1.84 bits per heavy atom. The largest absolute Gasteiger partial charge is 0.507 e. The van der Waals surface area contributed by atoms with Gasteiger partial charge in [0.1, 0.15) is 5.75 Å². The number of fused-ring (bicyclic) bond motifs is 2. The highest BCUT2D eigenvalue weighted by Crippen LogP contribution is 2.35. The van der Waals surface area contributed by atoms with E-state index < -0.39 is 18.2 Å². The lowest BCUT2D eigenvalue weighted by molar-refractivity contribution is 0.0971. The van der Waals surface area contributed by atoms with Crippen LogP contribution in [-0.4, -0.2) is 28.4 Å². The number of allylic oxidation sites excluding steroid dienone is 1. The van der Waals surface area contributed by atoms with Gasteiger partial charge in [-0.05, 0) is 17.5 Å². The summed E-state index contributed by atoms with van der Waals surface area (Å²) in [6.45, 7) is -0.488. The van der Waals surface area contributed by atoms with Gasteiger partial charge in [0.15, 0.2) is 11.6 Å². The molecule has 1 aliphatic rings. The van der Waals surface area contributed by atoms with E-state index >= 15 is 0 Å². The topological polar surface area (TPSA) is 74.6 Å². The Balaban J connectivity index is 2.39. The summed E-state index contributed by atoms with van der Waals surface area (Å²) in [5.41, 5.74) is 0.209. The van der Waals surface area contributed by atoms with Crippen molar-refractivity contribution >= 4 is 22.3 Å². The van der Waals surface area contributed by atoms with Crippen molar-refractivity contribution < 1.29 is 19.8 Å². The minimum atomic E-state index is -0.488. The van der Waals surface area contributed by atoms with E-state index in [0.29, 0.717) is 10.8 Å². The predicted octanol–water partition coefficient (Wildman–Crippen LogP) is 1.84. The number of hydrogen-bond donors (Lipinski definition) is 2. The summed E-state index contributed by atoms with van der Waals surface area (Å²) in [5, 5.41) is 20.5. The zero-order valence-corrected chi connectivity index (χ0v) is 9.88. The Morgan fingerprint density at radius 3 is 2.58 bits per heavy atom. The van der Waals surface area contributed by atoms with Crippen LogP contribution in [0.3, 0.4) is 0 Å². The van der Waals surface area contributed by atoms with Gasteiger partial charge < -0.3 is 10.2 Å². The van der Waals surface area contributed by atoms with Crippen molar-refractivity contribution in [3.63, 3.8) is 0 Å². The molecule has 0 aliphatic heterocycles. The highest BCUT2D eigenvalue weighted by atomic mass is 16.3. The molecular formula is C15H10O4. The van der Waals surface area contributed by atoms with Crippen molar-refractivity contribution in [3.8, 4) is 5.75 Å². The molecule has 0 radical (unpaired) electrons. The van der Waals surface area contributed by atoms with Crippen molar-refractivity contribution in [2.45, 2.75) is 0 Å². The third kappa shape index (κ3) is 1.57. The molecule has 3 rings (SSSR count). The molecule has 4 nitrogen and oxygen atoms in total. The molecule has 0 heterocycles. The first-order chi connectivity index (χ1) is 9.13. The fourth-order valence-corrected chi connectivity index (χ4v) is 2.34. The minimum Gasteiger partial charge on any atom is -0.507 e. The summed E-state index contributed by atoms with van der Waals surface area (Å²) < 4.78 is 0. The molecule has 0 aromatic heterocycles. The Hall–Kier alpha value is -2.46. The van der Waals surface area contributed by atoms with E-state index in [1.54, 1.807) is 30.3 Å². The highest BCUT2D eigenvalue weighted by Gasteiger charge is 2.28. The van der Waals surface area contributed by atoms with Crippen LogP contribution in [0.2, 0.25) is 0 Å². The number of carbonyl (C=O) groups is 2. The lowest BCUT2D eigenvalue weighted by atomic mass is 9.87. The normalized spacial score (nSPS) is 14.5. The Morgan fingerprint density at radius 1 is 1.11 bits per heavy atom. The number of benzene rings is 2. The SMILES string of the molecule is O=C1C(CO)=CC(=O)c2c1cc1ccccc1c2O. The first-order valence-electron chi connectivity index (χ1n) is 5.78. The third-order valence-electron chi connectivity index (χ3n) is 3.28. The van der Waals surface area contributed by atoms with E-state index in [1.807, 2.05) is 0 Å². The fourth-order valence-electron chi connectivity index (χ4n) is 2.34. The number of phenols is 1. The minimum absolute atomic E-state index is 0.0147. The molecule has 1 aliphatic carbocycles. The Kier molecular flexibility index (Phi) is 2.47. The molecule has 0 saturated heterocycles. The van der Waals surface area contributed by atoms with Crippen molar-refractivity contribution in [1.82, 2.24) is 0 Å². The van der Waals surface area contributed by atoms with Crippen LogP contribution < -0.4 is 0 Å². The fraction of sp³-hybridized carbons (Fsp3) is 0.0667. The predicted molar refractivity (Wildman–Crippen MR) is 69.4 cm³/mol. The van der Waals surface area contributed by atoms with E-state index in [4.69, 9.17) is 5.11 Å². The molecule has 0 atom stereocenters. The summed E-state index contributed by atoms with van der Waals surface area (Å²) in [5.74, 6) is -1.06. The van der Waals surface area contributed by atoms with Crippen LogP contribution in [0.15, 0.2) is 42.0 Å². The summed E-state index contributed by atoms with van der Waals surface area (Å²) in [6, 6.07) is 8.55. The van der Waals surface area contributed by atoms with Gasteiger partial charge in [0.2, 0.25) is 0 Å². The van der Waals surface area contributed by atoms with E-state index in [0.717, 1.165) is 6.08 Å². The van der Waals surface area contributed by atoms with E-state index in [1.165, 1.54) is 0 Å². The smallest absolute Gasteiger partial charge is 0.192 e. The van der Waals surface area contributed by atoms with Gasteiger partial charge in [0, 0.05) is 16.5 Å². The van der Waals surface area contributed by atoms with E-state index in [9.17, 15) is 14.7 Å². The van der Waals surface area contributed by atoms with Gasteiger partial charge in [-0.1, -0.05) is 24.3 Å². The number of rotatable bonds is 1. The maximum Gasteiger partial charge on any atom is 0.192 e. The van der Waals surface area contributed by atoms with Gasteiger partial charge in [-0.2, -0.15) is 0 Å². The second kappa shape index (κ2) is 4.03. The number of phenolic OH excluding ortho intramolecular Hbond substituents is 1. The zero-order chi connectivity index (χ0) is 13.6. The van der Waals surface area contributed by atoms with Gasteiger partial charge in [-0.25, -0.2) is 0 Å². The highest BCUT2D eigenvalue weighted by molar-refractivity contribution is 6.27. The molecule has 0 bridgehead atoms. The van der Waals surface area contributed by atoms with Gasteiger partial charge in [-0.3, -0.25) is 9.59 Å². The number of ketones is 2. The molecule has 0 fully saturated rings. The monoisotopic (exact) mass is 254 g/mol. The zero-order valence-electron chi connectivity index (χ0n) is 9.88. The van der Waals surface area contributed by atoms with Gasteiger partial charge in [0.05, 0.1) is 12.2 Å². The number of Topliss-reactive ketones (excluding diaryl/α,β-unsaturated/α-hetero) is 1. The van der Waals surface area contributed by atoms with Gasteiger partial charge in [0.25, 0.3) is 0 Å². The first kappa shape index (κ1) is 11.6. The maximum atomic E-state index is 12.1. The molecule has 4 heteroatoms. The summed E-state index contributed by atoms with van der Waals surface area (Å²) in [6.07, 6.45) is 1.08. The molecular weight excluding hydrogens is 244 g/mol. The van der Waals surface area contributed by atoms with Crippen LogP contribution in [0.5, 0.6) is 5.75 Å².